The van der Waals surface area contributed by atoms with Crippen LogP contribution < -0.4 is 4.57 Å². The summed E-state index contributed by atoms with van der Waals surface area (Å²) in [6.45, 7) is -1.78. The van der Waals surface area contributed by atoms with Crippen LogP contribution in [0.5, 0.6) is 0 Å². The quantitative estimate of drug-likeness (QED) is 0.403. The molecule has 1 aliphatic rings. The van der Waals surface area contributed by atoms with Crippen molar-refractivity contribution < 1.29 is 13.1 Å². The van der Waals surface area contributed by atoms with E-state index < -0.39 is 6.98 Å². The Balaban J connectivity index is 2.01. The molecule has 5 heteroatoms. The standard InChI is InChI=1S/C15H11N4O/c1-18-14-10-7-16-6-4-9(10)8-19(14)13-12-11(20-15(13)18)3-2-5-17-12/h2-7H,8H2,1H3/q+1/i1D3. The zero-order valence-corrected chi connectivity index (χ0v) is 10.4. The summed E-state index contributed by atoms with van der Waals surface area (Å²) in [5, 5.41) is 0. The molecule has 0 N–H and O–H groups in total. The van der Waals surface area contributed by atoms with Gasteiger partial charge in [0.1, 0.15) is 6.54 Å². The molecule has 0 atom stereocenters. The molecule has 0 spiro atoms. The Kier molecular flexibility index (Phi) is 1.27. The third kappa shape index (κ3) is 1.02. The topological polar surface area (TPSA) is 47.7 Å². The van der Waals surface area contributed by atoms with Crippen molar-refractivity contribution in [3.8, 4) is 11.4 Å². The molecule has 5 rings (SSSR count). The van der Waals surface area contributed by atoms with Gasteiger partial charge in [-0.15, -0.1) is 0 Å². The summed E-state index contributed by atoms with van der Waals surface area (Å²) in [4.78, 5) is 8.52. The average molecular weight is 266 g/mol. The lowest BCUT2D eigenvalue weighted by molar-refractivity contribution is -0.640. The van der Waals surface area contributed by atoms with Crippen LogP contribution in [0, 0.1) is 0 Å². The first kappa shape index (κ1) is 7.79. The first-order chi connectivity index (χ1) is 11.1. The molecule has 0 saturated heterocycles. The number of aromatic nitrogens is 4. The fourth-order valence-corrected chi connectivity index (χ4v) is 2.97. The number of fused-ring (bicyclic) bond motifs is 7. The zero-order valence-electron chi connectivity index (χ0n) is 13.4. The highest BCUT2D eigenvalue weighted by atomic mass is 16.3. The van der Waals surface area contributed by atoms with Crippen LogP contribution in [0.1, 0.15) is 9.68 Å². The van der Waals surface area contributed by atoms with Gasteiger partial charge in [-0.3, -0.25) is 4.98 Å². The monoisotopic (exact) mass is 266 g/mol. The second kappa shape index (κ2) is 3.25. The first-order valence-electron chi connectivity index (χ1n) is 7.81. The Labute approximate surface area is 118 Å². The van der Waals surface area contributed by atoms with Crippen LogP contribution in [0.3, 0.4) is 0 Å². The summed E-state index contributed by atoms with van der Waals surface area (Å²) >= 11 is 0. The van der Waals surface area contributed by atoms with Crippen LogP contribution in [0.4, 0.5) is 0 Å². The van der Waals surface area contributed by atoms with Gasteiger partial charge in [-0.1, -0.05) is 0 Å². The molecule has 4 aromatic rings. The van der Waals surface area contributed by atoms with E-state index in [1.54, 1.807) is 30.7 Å². The minimum Gasteiger partial charge on any atom is -0.417 e. The Morgan fingerprint density at radius 3 is 3.35 bits per heavy atom. The summed E-state index contributed by atoms with van der Waals surface area (Å²) in [5.41, 5.74) is 4.15. The molecule has 0 saturated carbocycles. The maximum Gasteiger partial charge on any atom is 0.340 e. The van der Waals surface area contributed by atoms with Crippen LogP contribution in [0.25, 0.3) is 33.7 Å². The van der Waals surface area contributed by atoms with E-state index >= 15 is 0 Å². The van der Waals surface area contributed by atoms with E-state index in [0.717, 1.165) is 11.1 Å². The first-order valence-corrected chi connectivity index (χ1v) is 6.31. The van der Waals surface area contributed by atoms with Crippen LogP contribution in [-0.4, -0.2) is 14.5 Å². The lowest BCUT2D eigenvalue weighted by Crippen LogP contribution is -2.29. The van der Waals surface area contributed by atoms with Crippen molar-refractivity contribution in [3.63, 3.8) is 0 Å². The Morgan fingerprint density at radius 1 is 1.40 bits per heavy atom. The third-order valence-electron chi connectivity index (χ3n) is 3.83. The number of rotatable bonds is 0. The number of furan rings is 1. The van der Waals surface area contributed by atoms with Gasteiger partial charge in [0.25, 0.3) is 5.82 Å². The highest BCUT2D eigenvalue weighted by molar-refractivity contribution is 5.99. The second-order valence-electron chi connectivity index (χ2n) is 4.88. The average Bonchev–Trinajstić information content (AvgIpc) is 3.12. The highest BCUT2D eigenvalue weighted by Gasteiger charge is 2.36. The fourth-order valence-electron chi connectivity index (χ4n) is 2.97. The molecule has 0 unspecified atom stereocenters. The molecule has 0 bridgehead atoms. The van der Waals surface area contributed by atoms with Gasteiger partial charge >= 0.3 is 5.71 Å². The summed E-state index contributed by atoms with van der Waals surface area (Å²) in [7, 11) is 0. The summed E-state index contributed by atoms with van der Waals surface area (Å²) < 4.78 is 32.9. The van der Waals surface area contributed by atoms with Crippen molar-refractivity contribution >= 4 is 22.3 Å². The summed E-state index contributed by atoms with van der Waals surface area (Å²) in [5.74, 6) is 0.592. The molecule has 4 aromatic heterocycles. The highest BCUT2D eigenvalue weighted by Crippen LogP contribution is 2.35. The van der Waals surface area contributed by atoms with Gasteiger partial charge in [0.15, 0.2) is 11.1 Å². The molecule has 0 fully saturated rings. The zero-order chi connectivity index (χ0) is 15.8. The molecular formula is C15H11N4O+. The third-order valence-corrected chi connectivity index (χ3v) is 3.83. The number of nitrogens with zero attached hydrogens (tertiary/aromatic N) is 4. The smallest absolute Gasteiger partial charge is 0.340 e. The molecule has 0 amide bonds. The normalized spacial score (nSPS) is 15.9. The summed E-state index contributed by atoms with van der Waals surface area (Å²) in [6, 6.07) is 5.48. The van der Waals surface area contributed by atoms with E-state index in [1.807, 2.05) is 10.6 Å². The minimum atomic E-state index is -2.36. The molecule has 5 heterocycles. The van der Waals surface area contributed by atoms with E-state index in [9.17, 15) is 0 Å². The molecule has 20 heavy (non-hydrogen) atoms. The van der Waals surface area contributed by atoms with Gasteiger partial charge in [-0.05, 0) is 18.2 Å². The van der Waals surface area contributed by atoms with Crippen LogP contribution >= 0.6 is 0 Å². The van der Waals surface area contributed by atoms with Gasteiger partial charge < -0.3 is 4.42 Å². The van der Waals surface area contributed by atoms with Gasteiger partial charge in [0.2, 0.25) is 5.52 Å². The SMILES string of the molecule is [2H]C([2H])([2H])[n+]1c2n(c3c4ncccc4oc31)Cc1ccncc1-2. The molecule has 1 aliphatic heterocycles. The Bertz CT molecular complexity index is 1090. The lowest BCUT2D eigenvalue weighted by atomic mass is 10.2. The predicted octanol–water partition coefficient (Wildman–Crippen LogP) is 2.03. The number of pyridine rings is 2. The lowest BCUT2D eigenvalue weighted by Gasteiger charge is -1.93. The summed E-state index contributed by atoms with van der Waals surface area (Å²) in [6.07, 6.45) is 5.10. The van der Waals surface area contributed by atoms with Gasteiger partial charge in [0, 0.05) is 24.2 Å². The van der Waals surface area contributed by atoms with E-state index in [-0.39, 0.29) is 0 Å². The maximum atomic E-state index is 7.94. The van der Waals surface area contributed by atoms with Gasteiger partial charge in [0.05, 0.1) is 16.7 Å². The molecule has 0 radical (unpaired) electrons. The van der Waals surface area contributed by atoms with Crippen LogP contribution in [0.2, 0.25) is 0 Å². The largest absolute Gasteiger partial charge is 0.417 e. The fraction of sp³-hybridized carbons (Fsp3) is 0.133. The Morgan fingerprint density at radius 2 is 2.40 bits per heavy atom. The van der Waals surface area contributed by atoms with Crippen molar-refractivity contribution in [1.82, 2.24) is 14.5 Å². The van der Waals surface area contributed by atoms with Gasteiger partial charge in [-0.25, -0.2) is 9.55 Å². The Hall–Kier alpha value is -2.69. The number of imidazole rings is 1. The van der Waals surface area contributed by atoms with Crippen molar-refractivity contribution in [2.45, 2.75) is 6.54 Å². The molecule has 0 aliphatic carbocycles. The van der Waals surface area contributed by atoms with Crippen molar-refractivity contribution in [2.75, 3.05) is 0 Å². The number of hydrogen-bond acceptors (Lipinski definition) is 3. The van der Waals surface area contributed by atoms with Crippen LogP contribution in [0.15, 0.2) is 41.2 Å². The molecule has 5 nitrogen and oxygen atoms in total. The van der Waals surface area contributed by atoms with Gasteiger partial charge in [-0.2, -0.15) is 4.57 Å². The van der Waals surface area contributed by atoms with Crippen molar-refractivity contribution in [2.24, 2.45) is 6.98 Å². The molecular weight excluding hydrogens is 252 g/mol. The number of hydrogen-bond donors (Lipinski definition) is 0. The van der Waals surface area contributed by atoms with E-state index in [2.05, 4.69) is 9.97 Å². The van der Waals surface area contributed by atoms with E-state index in [0.29, 0.717) is 34.7 Å². The molecule has 0 aromatic carbocycles. The molecule has 96 valence electrons. The minimum absolute atomic E-state index is 0.322. The van der Waals surface area contributed by atoms with Crippen molar-refractivity contribution in [1.29, 1.82) is 0 Å². The van der Waals surface area contributed by atoms with Crippen molar-refractivity contribution in [3.05, 3.63) is 42.4 Å². The maximum absolute atomic E-state index is 7.94. The van der Waals surface area contributed by atoms with E-state index in [4.69, 9.17) is 8.53 Å². The number of aryl methyl sites for hydroxylation is 1. The predicted molar refractivity (Wildman–Crippen MR) is 73.0 cm³/mol. The van der Waals surface area contributed by atoms with E-state index in [1.165, 1.54) is 4.57 Å². The van der Waals surface area contributed by atoms with Crippen LogP contribution in [-0.2, 0) is 13.5 Å². The second-order valence-corrected chi connectivity index (χ2v) is 4.88.